The topological polar surface area (TPSA) is 63.4 Å². The largest absolute Gasteiger partial charge is 0.399 e. The van der Waals surface area contributed by atoms with Crippen LogP contribution in [0, 0.1) is 5.41 Å². The van der Waals surface area contributed by atoms with Crippen LogP contribution in [0.4, 0.5) is 5.69 Å². The molecule has 0 fully saturated rings. The highest BCUT2D eigenvalue weighted by molar-refractivity contribution is 8.00. The van der Waals surface area contributed by atoms with Crippen molar-refractivity contribution in [2.75, 3.05) is 24.3 Å². The number of nitrogens with two attached hydrogens (primary N) is 1. The highest BCUT2D eigenvalue weighted by Crippen LogP contribution is 2.26. The third-order valence-corrected chi connectivity index (χ3v) is 6.91. The molecule has 21 heavy (non-hydrogen) atoms. The van der Waals surface area contributed by atoms with E-state index in [1.165, 1.54) is 16.1 Å². The van der Waals surface area contributed by atoms with Crippen LogP contribution in [0.15, 0.2) is 29.2 Å². The van der Waals surface area contributed by atoms with E-state index in [0.717, 1.165) is 4.90 Å². The average Bonchev–Trinajstić information content (AvgIpc) is 2.38. The molecular weight excluding hydrogens is 304 g/mol. The molecule has 1 atom stereocenters. The maximum Gasteiger partial charge on any atom is 0.214 e. The monoisotopic (exact) mass is 330 g/mol. The summed E-state index contributed by atoms with van der Waals surface area (Å²) in [5, 5.41) is 0. The molecule has 0 heterocycles. The maximum atomic E-state index is 12.4. The lowest BCUT2D eigenvalue weighted by molar-refractivity contribution is 0.217. The molecule has 0 bridgehead atoms. The maximum absolute atomic E-state index is 12.4. The predicted octanol–water partition coefficient (Wildman–Crippen LogP) is 3.06. The van der Waals surface area contributed by atoms with Crippen molar-refractivity contribution in [1.29, 1.82) is 0 Å². The Kier molecular flexibility index (Phi) is 6.13. The van der Waals surface area contributed by atoms with Gasteiger partial charge >= 0.3 is 0 Å². The fraction of sp³-hybridized carbons (Fsp3) is 0.600. The van der Waals surface area contributed by atoms with Crippen molar-refractivity contribution >= 4 is 27.5 Å². The van der Waals surface area contributed by atoms with E-state index in [4.69, 9.17) is 5.73 Å². The van der Waals surface area contributed by atoms with Crippen molar-refractivity contribution in [1.82, 2.24) is 4.31 Å². The lowest BCUT2D eigenvalue weighted by Gasteiger charge is -2.34. The Balaban J connectivity index is 2.59. The third-order valence-electron chi connectivity index (χ3n) is 3.73. The Morgan fingerprint density at radius 3 is 2.24 bits per heavy atom. The molecule has 1 unspecified atom stereocenters. The number of benzene rings is 1. The van der Waals surface area contributed by atoms with E-state index in [2.05, 4.69) is 0 Å². The highest BCUT2D eigenvalue weighted by Gasteiger charge is 2.30. The molecule has 0 aromatic heterocycles. The second-order valence-electron chi connectivity index (χ2n) is 6.29. The van der Waals surface area contributed by atoms with Gasteiger partial charge in [0.1, 0.15) is 0 Å². The van der Waals surface area contributed by atoms with Crippen LogP contribution < -0.4 is 5.73 Å². The van der Waals surface area contributed by atoms with Crippen LogP contribution in [-0.2, 0) is 10.0 Å². The summed E-state index contributed by atoms with van der Waals surface area (Å²) in [6.45, 7) is 8.09. The Morgan fingerprint density at radius 2 is 1.76 bits per heavy atom. The first-order valence-corrected chi connectivity index (χ1v) is 9.57. The standard InChI is InChI=1S/C15H26N2O2S2/c1-12(15(2,3)4)17(5)21(18,19)11-10-20-14-8-6-13(16)7-9-14/h6-9,12H,10-11,16H2,1-5H3. The Labute approximate surface area is 133 Å². The van der Waals surface area contributed by atoms with Crippen LogP contribution in [0.1, 0.15) is 27.7 Å². The molecule has 0 amide bonds. The van der Waals surface area contributed by atoms with Gasteiger partial charge in [-0.05, 0) is 36.6 Å². The van der Waals surface area contributed by atoms with Crippen molar-refractivity contribution in [3.63, 3.8) is 0 Å². The molecule has 120 valence electrons. The van der Waals surface area contributed by atoms with E-state index in [0.29, 0.717) is 11.4 Å². The minimum Gasteiger partial charge on any atom is -0.399 e. The summed E-state index contributed by atoms with van der Waals surface area (Å²) >= 11 is 1.53. The SMILES string of the molecule is CC(N(C)S(=O)(=O)CCSc1ccc(N)cc1)C(C)(C)C. The van der Waals surface area contributed by atoms with E-state index >= 15 is 0 Å². The smallest absolute Gasteiger partial charge is 0.214 e. The fourth-order valence-electron chi connectivity index (χ4n) is 1.76. The summed E-state index contributed by atoms with van der Waals surface area (Å²) in [7, 11) is -1.57. The van der Waals surface area contributed by atoms with Crippen molar-refractivity contribution in [3.05, 3.63) is 24.3 Å². The van der Waals surface area contributed by atoms with Gasteiger partial charge in [0.15, 0.2) is 0 Å². The van der Waals surface area contributed by atoms with Crippen molar-refractivity contribution in [2.24, 2.45) is 5.41 Å². The minimum atomic E-state index is -3.23. The second kappa shape index (κ2) is 7.03. The zero-order valence-corrected chi connectivity index (χ0v) is 15.1. The van der Waals surface area contributed by atoms with Crippen LogP contribution in [0.25, 0.3) is 0 Å². The highest BCUT2D eigenvalue weighted by atomic mass is 32.2. The quantitative estimate of drug-likeness (QED) is 0.643. The Morgan fingerprint density at radius 1 is 1.24 bits per heavy atom. The summed E-state index contributed by atoms with van der Waals surface area (Å²) in [6.07, 6.45) is 0. The molecule has 1 aromatic rings. The first-order valence-electron chi connectivity index (χ1n) is 6.98. The molecule has 6 heteroatoms. The number of nitrogens with zero attached hydrogens (tertiary/aromatic N) is 1. The van der Waals surface area contributed by atoms with E-state index in [1.807, 2.05) is 52.0 Å². The molecule has 0 aliphatic rings. The normalized spacial score (nSPS) is 14.4. The number of nitrogen functional groups attached to an aromatic ring is 1. The molecule has 0 aliphatic carbocycles. The van der Waals surface area contributed by atoms with Gasteiger partial charge in [0.25, 0.3) is 0 Å². The van der Waals surface area contributed by atoms with Gasteiger partial charge < -0.3 is 5.73 Å². The Bertz CT molecular complexity index is 548. The predicted molar refractivity (Wildman–Crippen MR) is 92.0 cm³/mol. The van der Waals surface area contributed by atoms with Gasteiger partial charge in [-0.2, -0.15) is 0 Å². The van der Waals surface area contributed by atoms with Crippen LogP contribution in [0.3, 0.4) is 0 Å². The molecule has 0 saturated carbocycles. The van der Waals surface area contributed by atoms with E-state index in [9.17, 15) is 8.42 Å². The van der Waals surface area contributed by atoms with Crippen LogP contribution in [0.2, 0.25) is 0 Å². The van der Waals surface area contributed by atoms with Crippen molar-refractivity contribution in [2.45, 2.75) is 38.6 Å². The molecule has 1 rings (SSSR count). The molecule has 4 nitrogen and oxygen atoms in total. The van der Waals surface area contributed by atoms with Gasteiger partial charge in [-0.15, -0.1) is 11.8 Å². The average molecular weight is 331 g/mol. The zero-order valence-electron chi connectivity index (χ0n) is 13.5. The fourth-order valence-corrected chi connectivity index (χ4v) is 4.59. The number of thioether (sulfide) groups is 1. The molecule has 0 saturated heterocycles. The zero-order chi connectivity index (χ0) is 16.3. The van der Waals surface area contributed by atoms with Gasteiger partial charge in [0.05, 0.1) is 5.75 Å². The lowest BCUT2D eigenvalue weighted by Crippen LogP contribution is -2.44. The third kappa shape index (κ3) is 5.52. The number of anilines is 1. The van der Waals surface area contributed by atoms with Gasteiger partial charge in [-0.25, -0.2) is 12.7 Å². The molecular formula is C15H26N2O2S2. The number of hydrogen-bond acceptors (Lipinski definition) is 4. The van der Waals surface area contributed by atoms with Gasteiger partial charge in [0, 0.05) is 29.4 Å². The lowest BCUT2D eigenvalue weighted by atomic mass is 9.88. The summed E-state index contributed by atoms with van der Waals surface area (Å²) in [4.78, 5) is 1.03. The van der Waals surface area contributed by atoms with Crippen molar-refractivity contribution < 1.29 is 8.42 Å². The summed E-state index contributed by atoms with van der Waals surface area (Å²) < 4.78 is 26.2. The van der Waals surface area contributed by atoms with Crippen LogP contribution in [-0.4, -0.2) is 37.3 Å². The first kappa shape index (κ1) is 18.3. The Hall–Kier alpha value is -0.720. The van der Waals surface area contributed by atoms with Crippen molar-refractivity contribution in [3.8, 4) is 0 Å². The number of rotatable bonds is 6. The first-order chi connectivity index (χ1) is 9.54. The molecule has 0 aliphatic heterocycles. The molecule has 0 radical (unpaired) electrons. The van der Waals surface area contributed by atoms with Gasteiger partial charge in [0.2, 0.25) is 10.0 Å². The molecule has 1 aromatic carbocycles. The van der Waals surface area contributed by atoms with E-state index in [1.54, 1.807) is 7.05 Å². The number of hydrogen-bond donors (Lipinski definition) is 1. The summed E-state index contributed by atoms with van der Waals surface area (Å²) in [6, 6.07) is 7.43. The van der Waals surface area contributed by atoms with E-state index in [-0.39, 0.29) is 17.2 Å². The minimum absolute atomic E-state index is 0.0379. The van der Waals surface area contributed by atoms with Gasteiger partial charge in [-0.3, -0.25) is 0 Å². The van der Waals surface area contributed by atoms with Crippen LogP contribution >= 0.6 is 11.8 Å². The van der Waals surface area contributed by atoms with E-state index < -0.39 is 10.0 Å². The second-order valence-corrected chi connectivity index (χ2v) is 9.61. The summed E-state index contributed by atoms with van der Waals surface area (Å²) in [5.41, 5.74) is 6.26. The number of sulfonamides is 1. The molecule has 2 N–H and O–H groups in total. The molecule has 0 spiro atoms. The van der Waals surface area contributed by atoms with Crippen LogP contribution in [0.5, 0.6) is 0 Å². The van der Waals surface area contributed by atoms with Gasteiger partial charge in [-0.1, -0.05) is 20.8 Å². The summed E-state index contributed by atoms with van der Waals surface area (Å²) in [5.74, 6) is 0.673.